The van der Waals surface area contributed by atoms with Crippen LogP contribution in [0.15, 0.2) is 48.6 Å². The van der Waals surface area contributed by atoms with E-state index in [4.69, 9.17) is 0 Å². The molecule has 0 radical (unpaired) electrons. The molecule has 55 heavy (non-hydrogen) atoms. The molecule has 1 aliphatic rings. The van der Waals surface area contributed by atoms with Crippen molar-refractivity contribution in [3.05, 3.63) is 101 Å². The molecule has 2 aromatic rings. The van der Waals surface area contributed by atoms with Gasteiger partial charge in [-0.1, -0.05) is 169 Å². The third kappa shape index (κ3) is 24.4. The zero-order chi connectivity index (χ0) is 39.7. The van der Waals surface area contributed by atoms with Crippen molar-refractivity contribution in [3.63, 3.8) is 0 Å². The Kier molecular flexibility index (Phi) is 35.0. The van der Waals surface area contributed by atoms with Gasteiger partial charge in [-0.15, -0.1) is 0 Å². The van der Waals surface area contributed by atoms with Gasteiger partial charge in [0.25, 0.3) is 0 Å². The number of benzene rings is 2. The van der Waals surface area contributed by atoms with Crippen molar-refractivity contribution in [1.29, 1.82) is 0 Å². The number of aryl methyl sites for hydroxylation is 4. The van der Waals surface area contributed by atoms with E-state index in [2.05, 4.69) is 104 Å². The van der Waals surface area contributed by atoms with Gasteiger partial charge in [0.1, 0.15) is 0 Å². The number of unbranched alkanes of at least 4 members (excludes halogenated alkanes) is 18. The molecule has 2 nitrogen and oxygen atoms in total. The van der Waals surface area contributed by atoms with Gasteiger partial charge >= 0.3 is 16.5 Å². The predicted octanol–water partition coefficient (Wildman–Crippen LogP) is 17.4. The molecule has 0 fully saturated rings. The van der Waals surface area contributed by atoms with Crippen molar-refractivity contribution in [2.45, 2.75) is 221 Å². The molecule has 0 aliphatic carbocycles. The minimum absolute atomic E-state index is 0. The van der Waals surface area contributed by atoms with Gasteiger partial charge in [0, 0.05) is 23.3 Å². The Hall–Kier alpha value is -1.99. The Labute approximate surface area is 353 Å². The maximum atomic E-state index is 11.6. The van der Waals surface area contributed by atoms with E-state index in [-0.39, 0.29) is 16.5 Å². The minimum atomic E-state index is 0. The quantitative estimate of drug-likeness (QED) is 0.0355. The molecule has 0 atom stereocenters. The van der Waals surface area contributed by atoms with Crippen LogP contribution in [-0.2, 0) is 42.2 Å². The number of rotatable bonds is 28. The van der Waals surface area contributed by atoms with Crippen molar-refractivity contribution in [2.75, 3.05) is 0 Å². The van der Waals surface area contributed by atoms with Gasteiger partial charge in [0.2, 0.25) is 11.4 Å². The molecular weight excluding hydrogens is 711 g/mol. The van der Waals surface area contributed by atoms with Crippen molar-refractivity contribution < 1.29 is 21.2 Å². The number of nitrogens with zero attached hydrogens (tertiary/aromatic N) is 2. The summed E-state index contributed by atoms with van der Waals surface area (Å²) in [4.78, 5) is 0. The fourth-order valence-electron chi connectivity index (χ4n) is 7.10. The largest absolute Gasteiger partial charge is 2.00 e. The van der Waals surface area contributed by atoms with Crippen LogP contribution in [0.1, 0.15) is 229 Å². The zero-order valence-electron chi connectivity index (χ0n) is 37.0. The molecule has 0 saturated carbocycles. The smallest absolute Gasteiger partial charge is 0.493 e. The molecule has 0 N–H and O–H groups in total. The van der Waals surface area contributed by atoms with Crippen LogP contribution in [0.3, 0.4) is 0 Å². The third-order valence-electron chi connectivity index (χ3n) is 10.5. The van der Waals surface area contributed by atoms with Crippen LogP contribution in [0.4, 0.5) is 0 Å². The molecule has 0 bridgehead atoms. The first-order chi connectivity index (χ1) is 26.4. The summed E-state index contributed by atoms with van der Waals surface area (Å²) in [7, 11) is 0. The van der Waals surface area contributed by atoms with Crippen molar-refractivity contribution in [2.24, 2.45) is 0 Å². The van der Waals surface area contributed by atoms with E-state index >= 15 is 0 Å². The van der Waals surface area contributed by atoms with Crippen LogP contribution in [-0.4, -0.2) is 4.70 Å². The van der Waals surface area contributed by atoms with Gasteiger partial charge in [-0.05, 0) is 97.9 Å². The van der Waals surface area contributed by atoms with Crippen LogP contribution in [0, 0.1) is 13.8 Å². The maximum absolute atomic E-state index is 11.6. The van der Waals surface area contributed by atoms with Crippen LogP contribution in [0.25, 0.3) is 16.9 Å². The summed E-state index contributed by atoms with van der Waals surface area (Å²) in [6.07, 6.45) is 39.5. The number of hydrogen-bond donors (Lipinski definition) is 0. The SMILES string of the molecule is CCCCCCCCc1cc(CCCCCCCC)cc(C2=CC=C(c3cc(CCCC)cc(CCCC)c3)[N+]2=[N-])c1.[CH2-]CCCCC.[CH2-]CCCCC.[Ni+2]. The molecule has 3 rings (SSSR count). The second-order valence-corrected chi connectivity index (χ2v) is 15.9. The van der Waals surface area contributed by atoms with E-state index in [1.165, 1.54) is 168 Å². The second-order valence-electron chi connectivity index (χ2n) is 15.9. The van der Waals surface area contributed by atoms with Gasteiger partial charge in [0.15, 0.2) is 0 Å². The van der Waals surface area contributed by atoms with Gasteiger partial charge in [0.05, 0.1) is 0 Å². The molecule has 1 aliphatic heterocycles. The van der Waals surface area contributed by atoms with Gasteiger partial charge in [-0.2, -0.15) is 12.8 Å². The number of allylic oxidation sites excluding steroid dienone is 2. The zero-order valence-corrected chi connectivity index (χ0v) is 38.0. The average Bonchev–Trinajstić information content (AvgIpc) is 3.58. The Morgan fingerprint density at radius 3 is 0.945 bits per heavy atom. The standard InChI is InChI=1S/C40H60N2.2C6H13.Ni/c1-5-9-13-15-17-19-23-35-28-36(24-20-18-16-14-10-6-2)32-38(31-35)40-26-25-39(42(40)41)37-29-33(21-11-7-3)27-34(30-37)22-12-8-4;2*1-3-5-6-4-2;/h25-32H,5-24H2,1-4H3;2*1,3-6H2,2H3;/q;2*-1;+2. The fourth-order valence-corrected chi connectivity index (χ4v) is 7.10. The van der Waals surface area contributed by atoms with Gasteiger partial charge in [-0.25, -0.2) is 4.70 Å². The molecule has 0 unspecified atom stereocenters. The van der Waals surface area contributed by atoms with E-state index in [1.807, 2.05) is 0 Å². The molecule has 2 aromatic carbocycles. The second kappa shape index (κ2) is 36.4. The summed E-state index contributed by atoms with van der Waals surface area (Å²) in [6.45, 7) is 20.9. The Morgan fingerprint density at radius 2 is 0.655 bits per heavy atom. The van der Waals surface area contributed by atoms with Crippen molar-refractivity contribution >= 4 is 11.4 Å². The van der Waals surface area contributed by atoms with Crippen LogP contribution in [0.2, 0.25) is 0 Å². The van der Waals surface area contributed by atoms with Crippen LogP contribution < -0.4 is 0 Å². The van der Waals surface area contributed by atoms with Crippen LogP contribution in [0.5, 0.6) is 0 Å². The molecule has 0 spiro atoms. The van der Waals surface area contributed by atoms with Gasteiger partial charge < -0.3 is 19.4 Å². The molecule has 0 amide bonds. The van der Waals surface area contributed by atoms with E-state index in [9.17, 15) is 5.53 Å². The summed E-state index contributed by atoms with van der Waals surface area (Å²) in [5.41, 5.74) is 21.3. The van der Waals surface area contributed by atoms with E-state index < -0.39 is 0 Å². The normalized spacial score (nSPS) is 12.0. The molecule has 3 heteroatoms. The Balaban J connectivity index is 0.00000194. The van der Waals surface area contributed by atoms with Crippen molar-refractivity contribution in [1.82, 2.24) is 0 Å². The molecule has 0 saturated heterocycles. The average molecular weight is 798 g/mol. The van der Waals surface area contributed by atoms with Gasteiger partial charge in [-0.3, -0.25) is 0 Å². The molecular formula is C52H86N2Ni. The summed E-state index contributed by atoms with van der Waals surface area (Å²) >= 11 is 0. The van der Waals surface area contributed by atoms with E-state index in [1.54, 1.807) is 0 Å². The van der Waals surface area contributed by atoms with Crippen molar-refractivity contribution in [3.8, 4) is 0 Å². The monoisotopic (exact) mass is 797 g/mol. The maximum Gasteiger partial charge on any atom is 2.00 e. The Bertz CT molecular complexity index is 1210. The summed E-state index contributed by atoms with van der Waals surface area (Å²) < 4.78 is 1.46. The number of hydrogen-bond acceptors (Lipinski definition) is 0. The van der Waals surface area contributed by atoms with Crippen LogP contribution >= 0.6 is 0 Å². The summed E-state index contributed by atoms with van der Waals surface area (Å²) in [6, 6.07) is 14.1. The van der Waals surface area contributed by atoms with E-state index in [0.717, 1.165) is 61.0 Å². The first-order valence-corrected chi connectivity index (χ1v) is 23.2. The summed E-state index contributed by atoms with van der Waals surface area (Å²) in [5.74, 6) is 0. The first-order valence-electron chi connectivity index (χ1n) is 23.2. The molecule has 314 valence electrons. The molecule has 1 heterocycles. The minimum Gasteiger partial charge on any atom is -0.493 e. The summed E-state index contributed by atoms with van der Waals surface area (Å²) in [5, 5.41) is 0. The predicted molar refractivity (Wildman–Crippen MR) is 243 cm³/mol. The third-order valence-corrected chi connectivity index (χ3v) is 10.5. The topological polar surface area (TPSA) is 25.3 Å². The first kappa shape index (κ1) is 53.0. The fraction of sp³-hybridized carbons (Fsp3) is 0.654. The van der Waals surface area contributed by atoms with E-state index in [0.29, 0.717) is 0 Å². The molecule has 0 aromatic heterocycles. The Morgan fingerprint density at radius 1 is 0.382 bits per heavy atom.